The van der Waals surface area contributed by atoms with Gasteiger partial charge in [-0.25, -0.2) is 0 Å². The fourth-order valence-corrected chi connectivity index (χ4v) is 4.72. The van der Waals surface area contributed by atoms with Crippen LogP contribution in [-0.4, -0.2) is 29.4 Å². The molecule has 0 spiro atoms. The van der Waals surface area contributed by atoms with E-state index in [1.165, 1.54) is 11.8 Å². The van der Waals surface area contributed by atoms with Gasteiger partial charge in [0.2, 0.25) is 11.8 Å². The molecule has 8 nitrogen and oxygen atoms in total. The van der Waals surface area contributed by atoms with Crippen LogP contribution in [0.5, 0.6) is 0 Å². The van der Waals surface area contributed by atoms with Crippen molar-refractivity contribution < 1.29 is 19.2 Å². The first kappa shape index (κ1) is 29.3. The van der Waals surface area contributed by atoms with Crippen LogP contribution in [0.3, 0.4) is 0 Å². The number of halogens is 1. The maximum atomic E-state index is 13.2. The summed E-state index contributed by atoms with van der Waals surface area (Å²) < 4.78 is 0.836. The highest BCUT2D eigenvalue weighted by atomic mass is 79.9. The van der Waals surface area contributed by atoms with E-state index in [2.05, 4.69) is 31.9 Å². The third-order valence-corrected chi connectivity index (χ3v) is 7.13. The number of carbonyl (C=O) groups is 4. The molecule has 0 atom stereocenters. The van der Waals surface area contributed by atoms with Crippen molar-refractivity contribution in [1.82, 2.24) is 5.32 Å². The number of hydrogen-bond acceptors (Lipinski definition) is 5. The van der Waals surface area contributed by atoms with Gasteiger partial charge in [0.25, 0.3) is 11.8 Å². The molecule has 0 fully saturated rings. The third-order valence-electron chi connectivity index (χ3n) is 5.62. The van der Waals surface area contributed by atoms with E-state index in [-0.39, 0.29) is 17.4 Å². The summed E-state index contributed by atoms with van der Waals surface area (Å²) in [6.45, 7) is 0. The van der Waals surface area contributed by atoms with Crippen molar-refractivity contribution in [2.24, 2.45) is 5.73 Å². The van der Waals surface area contributed by atoms with Crippen molar-refractivity contribution in [2.45, 2.75) is 4.90 Å². The van der Waals surface area contributed by atoms with E-state index in [1.54, 1.807) is 78.9 Å². The van der Waals surface area contributed by atoms with Crippen LogP contribution in [0.15, 0.2) is 118 Å². The summed E-state index contributed by atoms with van der Waals surface area (Å²) in [4.78, 5) is 50.3. The van der Waals surface area contributed by atoms with Gasteiger partial charge in [-0.05, 0) is 84.4 Å². The number of nitrogens with one attached hydrogen (secondary N) is 3. The monoisotopic (exact) mass is 628 g/mol. The first-order valence-electron chi connectivity index (χ1n) is 12.3. The molecule has 4 aromatic carbocycles. The molecule has 0 aliphatic carbocycles. The Bertz CT molecular complexity index is 1590. The highest BCUT2D eigenvalue weighted by Gasteiger charge is 2.15. The average molecular weight is 630 g/mol. The lowest BCUT2D eigenvalue weighted by atomic mass is 10.1. The lowest BCUT2D eigenvalue weighted by molar-refractivity contribution is -0.114. The lowest BCUT2D eigenvalue weighted by Crippen LogP contribution is -2.30. The van der Waals surface area contributed by atoms with Crippen LogP contribution in [0.1, 0.15) is 26.3 Å². The minimum atomic E-state index is -0.535. The van der Waals surface area contributed by atoms with Crippen LogP contribution >= 0.6 is 27.7 Å². The van der Waals surface area contributed by atoms with E-state index < -0.39 is 17.7 Å². The highest BCUT2D eigenvalue weighted by Crippen LogP contribution is 2.22. The molecule has 0 aliphatic heterocycles. The van der Waals surface area contributed by atoms with E-state index >= 15 is 0 Å². The second kappa shape index (κ2) is 14.1. The molecule has 0 saturated heterocycles. The maximum Gasteiger partial charge on any atom is 0.272 e. The Labute approximate surface area is 249 Å². The summed E-state index contributed by atoms with van der Waals surface area (Å²) in [5.41, 5.74) is 7.91. The molecule has 0 bridgehead atoms. The summed E-state index contributed by atoms with van der Waals surface area (Å²) in [5.74, 6) is -1.48. The Morgan fingerprint density at radius 2 is 1.41 bits per heavy atom. The van der Waals surface area contributed by atoms with Crippen molar-refractivity contribution in [3.05, 3.63) is 130 Å². The largest absolute Gasteiger partial charge is 0.366 e. The zero-order valence-electron chi connectivity index (χ0n) is 21.6. The Morgan fingerprint density at radius 1 is 0.756 bits per heavy atom. The molecule has 4 rings (SSSR count). The summed E-state index contributed by atoms with van der Waals surface area (Å²) in [6.07, 6.45) is 1.60. The van der Waals surface area contributed by atoms with Gasteiger partial charge in [-0.1, -0.05) is 46.3 Å². The number of carbonyl (C=O) groups excluding carboxylic acids is 4. The van der Waals surface area contributed by atoms with Crippen molar-refractivity contribution in [3.8, 4) is 0 Å². The SMILES string of the molecule is NC(=O)c1ccc(NC(=O)CSc2ccc(NC(=O)/C(=C/c3cccc(Br)c3)NC(=O)c3ccccc3)cc2)cc1. The molecular formula is C31H25BrN4O4S. The van der Waals surface area contributed by atoms with Crippen LogP contribution in [0.4, 0.5) is 11.4 Å². The summed E-state index contributed by atoms with van der Waals surface area (Å²) in [6, 6.07) is 29.3. The quantitative estimate of drug-likeness (QED) is 0.132. The van der Waals surface area contributed by atoms with Gasteiger partial charge in [0.15, 0.2) is 0 Å². The van der Waals surface area contributed by atoms with Gasteiger partial charge in [0, 0.05) is 31.9 Å². The van der Waals surface area contributed by atoms with Gasteiger partial charge in [0.1, 0.15) is 5.70 Å². The van der Waals surface area contributed by atoms with Crippen molar-refractivity contribution in [3.63, 3.8) is 0 Å². The first-order valence-corrected chi connectivity index (χ1v) is 14.1. The predicted octanol–water partition coefficient (Wildman–Crippen LogP) is 5.69. The number of hydrogen-bond donors (Lipinski definition) is 4. The van der Waals surface area contributed by atoms with E-state index in [0.717, 1.165) is 14.9 Å². The third kappa shape index (κ3) is 8.92. The molecule has 0 saturated carbocycles. The van der Waals surface area contributed by atoms with E-state index in [0.29, 0.717) is 22.5 Å². The van der Waals surface area contributed by atoms with E-state index in [4.69, 9.17) is 5.73 Å². The number of thioether (sulfide) groups is 1. The molecule has 5 N–H and O–H groups in total. The van der Waals surface area contributed by atoms with E-state index in [9.17, 15) is 19.2 Å². The number of primary amides is 1. The minimum Gasteiger partial charge on any atom is -0.366 e. The molecular weight excluding hydrogens is 604 g/mol. The predicted molar refractivity (Wildman–Crippen MR) is 165 cm³/mol. The molecule has 0 radical (unpaired) electrons. The highest BCUT2D eigenvalue weighted by molar-refractivity contribution is 9.10. The Balaban J connectivity index is 1.38. The molecule has 0 heterocycles. The normalized spacial score (nSPS) is 10.9. The van der Waals surface area contributed by atoms with Gasteiger partial charge < -0.3 is 21.7 Å². The van der Waals surface area contributed by atoms with Gasteiger partial charge in [-0.15, -0.1) is 11.8 Å². The molecule has 0 aromatic heterocycles. The average Bonchev–Trinajstić information content (AvgIpc) is 2.97. The Morgan fingerprint density at radius 3 is 2.07 bits per heavy atom. The standard InChI is InChI=1S/C31H25BrN4O4S/c32-23-8-4-5-20(17-23)18-27(36-30(39)22-6-2-1-3-7-22)31(40)35-25-13-15-26(16-14-25)41-19-28(37)34-24-11-9-21(10-12-24)29(33)38/h1-18H,19H2,(H2,33,38)(H,34,37)(H,35,40)(H,36,39)/b27-18-. The Hall–Kier alpha value is -4.67. The Kier molecular flexibility index (Phi) is 10.1. The van der Waals surface area contributed by atoms with Gasteiger partial charge in [-0.3, -0.25) is 19.2 Å². The molecule has 4 aromatic rings. The van der Waals surface area contributed by atoms with Gasteiger partial charge in [-0.2, -0.15) is 0 Å². The topological polar surface area (TPSA) is 130 Å². The van der Waals surface area contributed by atoms with E-state index in [1.807, 2.05) is 30.3 Å². The van der Waals surface area contributed by atoms with Crippen LogP contribution in [-0.2, 0) is 9.59 Å². The fourth-order valence-electron chi connectivity index (χ4n) is 3.60. The van der Waals surface area contributed by atoms with Gasteiger partial charge >= 0.3 is 0 Å². The lowest BCUT2D eigenvalue weighted by Gasteiger charge is -2.12. The molecule has 41 heavy (non-hydrogen) atoms. The van der Waals surface area contributed by atoms with Crippen molar-refractivity contribution >= 4 is 68.8 Å². The number of rotatable bonds is 10. The first-order chi connectivity index (χ1) is 19.8. The fraction of sp³-hybridized carbons (Fsp3) is 0.0323. The molecule has 10 heteroatoms. The smallest absolute Gasteiger partial charge is 0.272 e. The maximum absolute atomic E-state index is 13.2. The second-order valence-electron chi connectivity index (χ2n) is 8.69. The van der Waals surface area contributed by atoms with Crippen LogP contribution in [0, 0.1) is 0 Å². The zero-order chi connectivity index (χ0) is 29.2. The zero-order valence-corrected chi connectivity index (χ0v) is 24.0. The van der Waals surface area contributed by atoms with Gasteiger partial charge in [0.05, 0.1) is 5.75 Å². The summed E-state index contributed by atoms with van der Waals surface area (Å²) in [5, 5.41) is 8.30. The number of benzene rings is 4. The molecule has 206 valence electrons. The summed E-state index contributed by atoms with van der Waals surface area (Å²) >= 11 is 4.75. The number of nitrogens with two attached hydrogens (primary N) is 1. The van der Waals surface area contributed by atoms with Crippen LogP contribution in [0.2, 0.25) is 0 Å². The minimum absolute atomic E-state index is 0.0796. The number of anilines is 2. The molecule has 0 unspecified atom stereocenters. The van der Waals surface area contributed by atoms with Crippen LogP contribution in [0.25, 0.3) is 6.08 Å². The second-order valence-corrected chi connectivity index (χ2v) is 10.7. The number of amides is 4. The summed E-state index contributed by atoms with van der Waals surface area (Å²) in [7, 11) is 0. The van der Waals surface area contributed by atoms with Crippen molar-refractivity contribution in [2.75, 3.05) is 16.4 Å². The molecule has 0 aliphatic rings. The van der Waals surface area contributed by atoms with Crippen molar-refractivity contribution in [1.29, 1.82) is 0 Å². The van der Waals surface area contributed by atoms with Crippen LogP contribution < -0.4 is 21.7 Å². The molecule has 4 amide bonds.